The van der Waals surface area contributed by atoms with Gasteiger partial charge < -0.3 is 0 Å². The Morgan fingerprint density at radius 2 is 1.65 bits per heavy atom. The first-order valence-electron chi connectivity index (χ1n) is 10.6. The number of thioether (sulfide) groups is 1. The van der Waals surface area contributed by atoms with E-state index in [0.717, 1.165) is 33.9 Å². The Bertz CT molecular complexity index is 1250. The molecule has 0 spiro atoms. The Kier molecular flexibility index (Phi) is 6.11. The van der Waals surface area contributed by atoms with Crippen LogP contribution in [0.1, 0.15) is 43.2 Å². The van der Waals surface area contributed by atoms with E-state index in [2.05, 4.69) is 32.0 Å². The summed E-state index contributed by atoms with van der Waals surface area (Å²) in [6, 6.07) is 22.0. The summed E-state index contributed by atoms with van der Waals surface area (Å²) in [6.45, 7) is 6.30. The zero-order valence-corrected chi connectivity index (χ0v) is 18.8. The average Bonchev–Trinajstić information content (AvgIpc) is 3.11. The van der Waals surface area contributed by atoms with Gasteiger partial charge in [-0.1, -0.05) is 68.9 Å². The second-order valence-corrected chi connectivity index (χ2v) is 9.28. The van der Waals surface area contributed by atoms with Crippen molar-refractivity contribution in [2.45, 2.75) is 43.9 Å². The highest BCUT2D eigenvalue weighted by Gasteiger charge is 2.25. The number of aromatic nitrogens is 2. The van der Waals surface area contributed by atoms with E-state index in [0.29, 0.717) is 22.9 Å². The number of pyridine rings is 1. The van der Waals surface area contributed by atoms with Crippen LogP contribution in [-0.4, -0.2) is 20.7 Å². The van der Waals surface area contributed by atoms with Crippen LogP contribution in [0.15, 0.2) is 65.7 Å². The molecule has 0 radical (unpaired) electrons. The average molecular weight is 428 g/mol. The molecule has 4 aromatic rings. The van der Waals surface area contributed by atoms with Crippen LogP contribution in [0.4, 0.5) is 0 Å². The first kappa shape index (κ1) is 21.1. The summed E-state index contributed by atoms with van der Waals surface area (Å²) in [5.41, 5.74) is 3.30. The summed E-state index contributed by atoms with van der Waals surface area (Å²) in [5.74, 6) is 0.490. The van der Waals surface area contributed by atoms with Crippen molar-refractivity contribution >= 4 is 39.5 Å². The predicted molar refractivity (Wildman–Crippen MR) is 128 cm³/mol. The lowest BCUT2D eigenvalue weighted by Gasteiger charge is -2.16. The number of carbonyl (C=O) groups is 1. The second-order valence-electron chi connectivity index (χ2n) is 8.09. The number of hydrogen-bond donors (Lipinski definition) is 0. The first-order valence-corrected chi connectivity index (χ1v) is 11.5. The zero-order chi connectivity index (χ0) is 22.0. The van der Waals surface area contributed by atoms with Crippen molar-refractivity contribution in [3.05, 3.63) is 71.9 Å². The van der Waals surface area contributed by atoms with E-state index < -0.39 is 0 Å². The minimum Gasteiger partial charge on any atom is -0.279 e. The molecule has 0 bridgehead atoms. The molecule has 0 saturated heterocycles. The highest BCUT2D eigenvalue weighted by atomic mass is 32.2. The second kappa shape index (κ2) is 8.95. The third-order valence-corrected chi connectivity index (χ3v) is 6.71. The van der Waals surface area contributed by atoms with Gasteiger partial charge in [0.2, 0.25) is 5.91 Å². The third-order valence-electron chi connectivity index (χ3n) is 5.36. The maximum absolute atomic E-state index is 13.8. The van der Waals surface area contributed by atoms with Crippen molar-refractivity contribution in [2.24, 2.45) is 5.92 Å². The Morgan fingerprint density at radius 1 is 1.03 bits per heavy atom. The number of para-hydroxylation sites is 2. The number of nitriles is 1. The van der Waals surface area contributed by atoms with Gasteiger partial charge in [0.1, 0.15) is 11.1 Å². The number of hydrogen-bond acceptors (Lipinski definition) is 4. The van der Waals surface area contributed by atoms with Gasteiger partial charge in [0.25, 0.3) is 0 Å². The summed E-state index contributed by atoms with van der Waals surface area (Å²) in [5, 5.41) is 12.0. The Hall–Kier alpha value is -3.10. The number of rotatable bonds is 6. The molecule has 2 aromatic heterocycles. The van der Waals surface area contributed by atoms with Crippen LogP contribution < -0.4 is 0 Å². The van der Waals surface area contributed by atoms with Gasteiger partial charge in [-0.05, 0) is 43.0 Å². The SMILES string of the molecule is CCC(Sc1nc(CC(C)C)ccc1C#N)C(=O)n1c2ccccc2c2ccccc21. The number of fused-ring (bicyclic) bond motifs is 3. The molecule has 156 valence electrons. The van der Waals surface area contributed by atoms with Gasteiger partial charge in [-0.3, -0.25) is 9.36 Å². The van der Waals surface area contributed by atoms with Gasteiger partial charge in [-0.2, -0.15) is 5.26 Å². The van der Waals surface area contributed by atoms with Crippen molar-refractivity contribution in [1.82, 2.24) is 9.55 Å². The number of carbonyl (C=O) groups excluding carboxylic acids is 1. The molecule has 0 aliphatic carbocycles. The molecular weight excluding hydrogens is 402 g/mol. The van der Waals surface area contributed by atoms with Crippen LogP contribution in [0, 0.1) is 17.2 Å². The lowest BCUT2D eigenvalue weighted by atomic mass is 10.1. The summed E-state index contributed by atoms with van der Waals surface area (Å²) >= 11 is 1.40. The van der Waals surface area contributed by atoms with Gasteiger partial charge in [0.15, 0.2) is 0 Å². The Balaban J connectivity index is 1.76. The minimum absolute atomic E-state index is 0.0184. The molecule has 2 aromatic carbocycles. The maximum atomic E-state index is 13.8. The van der Waals surface area contributed by atoms with Gasteiger partial charge in [-0.25, -0.2) is 4.98 Å². The lowest BCUT2D eigenvalue weighted by Crippen LogP contribution is -2.23. The highest BCUT2D eigenvalue weighted by Crippen LogP contribution is 2.33. The van der Waals surface area contributed by atoms with E-state index in [1.165, 1.54) is 11.8 Å². The molecule has 4 rings (SSSR count). The van der Waals surface area contributed by atoms with Gasteiger partial charge >= 0.3 is 0 Å². The fourth-order valence-electron chi connectivity index (χ4n) is 3.93. The van der Waals surface area contributed by atoms with Crippen LogP contribution in [0.3, 0.4) is 0 Å². The van der Waals surface area contributed by atoms with Gasteiger partial charge in [-0.15, -0.1) is 0 Å². The monoisotopic (exact) mass is 427 g/mol. The van der Waals surface area contributed by atoms with Gasteiger partial charge in [0.05, 0.1) is 21.8 Å². The standard InChI is InChI=1S/C26H25N3OS/c1-4-24(31-25-18(16-27)13-14-19(28-25)15-17(2)3)26(30)29-22-11-7-5-9-20(22)21-10-6-8-12-23(21)29/h5-14,17,24H,4,15H2,1-3H3. The first-order chi connectivity index (χ1) is 15.0. The fraction of sp³-hybridized carbons (Fsp3) is 0.269. The largest absolute Gasteiger partial charge is 0.279 e. The molecule has 0 amide bonds. The molecule has 0 aliphatic rings. The lowest BCUT2D eigenvalue weighted by molar-refractivity contribution is 0.0919. The third kappa shape index (κ3) is 4.08. The van der Waals surface area contributed by atoms with Gasteiger partial charge in [0, 0.05) is 16.5 Å². The van der Waals surface area contributed by atoms with Crippen LogP contribution in [0.25, 0.3) is 21.8 Å². The molecule has 2 heterocycles. The fourth-order valence-corrected chi connectivity index (χ4v) is 4.99. The smallest absolute Gasteiger partial charge is 0.245 e. The maximum Gasteiger partial charge on any atom is 0.245 e. The predicted octanol–water partition coefficient (Wildman–Crippen LogP) is 6.47. The highest BCUT2D eigenvalue weighted by molar-refractivity contribution is 8.00. The molecule has 31 heavy (non-hydrogen) atoms. The zero-order valence-electron chi connectivity index (χ0n) is 18.0. The molecule has 4 nitrogen and oxygen atoms in total. The molecule has 0 saturated carbocycles. The van der Waals surface area contributed by atoms with E-state index in [4.69, 9.17) is 4.98 Å². The summed E-state index contributed by atoms with van der Waals surface area (Å²) in [7, 11) is 0. The molecule has 5 heteroatoms. The van der Waals surface area contributed by atoms with E-state index in [9.17, 15) is 10.1 Å². The van der Waals surface area contributed by atoms with Crippen LogP contribution in [-0.2, 0) is 6.42 Å². The van der Waals surface area contributed by atoms with E-state index >= 15 is 0 Å². The van der Waals surface area contributed by atoms with Crippen molar-refractivity contribution in [1.29, 1.82) is 5.26 Å². The number of benzene rings is 2. The quantitative estimate of drug-likeness (QED) is 0.331. The molecule has 1 atom stereocenters. The van der Waals surface area contributed by atoms with Crippen molar-refractivity contribution in [2.75, 3.05) is 0 Å². The van der Waals surface area contributed by atoms with Crippen molar-refractivity contribution in [3.8, 4) is 6.07 Å². The van der Waals surface area contributed by atoms with Crippen LogP contribution in [0.2, 0.25) is 0 Å². The molecule has 0 aliphatic heterocycles. The molecule has 0 N–H and O–H groups in total. The summed E-state index contributed by atoms with van der Waals surface area (Å²) < 4.78 is 1.83. The van der Waals surface area contributed by atoms with Crippen LogP contribution in [0.5, 0.6) is 0 Å². The van der Waals surface area contributed by atoms with Crippen molar-refractivity contribution < 1.29 is 4.79 Å². The minimum atomic E-state index is -0.340. The summed E-state index contributed by atoms with van der Waals surface area (Å²) in [4.78, 5) is 18.5. The van der Waals surface area contributed by atoms with E-state index in [-0.39, 0.29) is 11.2 Å². The molecular formula is C26H25N3OS. The molecule has 0 fully saturated rings. The normalized spacial score (nSPS) is 12.4. The summed E-state index contributed by atoms with van der Waals surface area (Å²) in [6.07, 6.45) is 1.49. The Morgan fingerprint density at radius 3 is 2.19 bits per heavy atom. The topological polar surface area (TPSA) is 58.7 Å². The Labute approximate surface area is 186 Å². The van der Waals surface area contributed by atoms with Crippen molar-refractivity contribution in [3.63, 3.8) is 0 Å². The van der Waals surface area contributed by atoms with E-state index in [1.807, 2.05) is 60.0 Å². The molecule has 1 unspecified atom stereocenters. The van der Waals surface area contributed by atoms with E-state index in [1.54, 1.807) is 0 Å². The van der Waals surface area contributed by atoms with Crippen LogP contribution >= 0.6 is 11.8 Å². The number of nitrogens with zero attached hydrogens (tertiary/aromatic N) is 3.